The highest BCUT2D eigenvalue weighted by atomic mass is 32.1. The van der Waals surface area contributed by atoms with Gasteiger partial charge in [0, 0.05) is 24.2 Å². The van der Waals surface area contributed by atoms with E-state index in [0.717, 1.165) is 36.5 Å². The second kappa shape index (κ2) is 5.96. The molecule has 2 aromatic heterocycles. The Balaban J connectivity index is 1.39. The highest BCUT2D eigenvalue weighted by Crippen LogP contribution is 2.30. The number of amides is 2. The first-order valence-electron chi connectivity index (χ1n) is 8.24. The van der Waals surface area contributed by atoms with Crippen molar-refractivity contribution in [2.45, 2.75) is 45.1 Å². The van der Waals surface area contributed by atoms with Crippen LogP contribution in [0.15, 0.2) is 12.4 Å². The largest absolute Gasteiger partial charge is 0.323 e. The van der Waals surface area contributed by atoms with E-state index < -0.39 is 0 Å². The lowest BCUT2D eigenvalue weighted by Crippen LogP contribution is -2.33. The van der Waals surface area contributed by atoms with E-state index in [9.17, 15) is 4.79 Å². The Labute approximate surface area is 139 Å². The van der Waals surface area contributed by atoms with Crippen LogP contribution in [0.3, 0.4) is 0 Å². The van der Waals surface area contributed by atoms with Crippen molar-refractivity contribution in [1.82, 2.24) is 19.7 Å². The number of thiazole rings is 1. The van der Waals surface area contributed by atoms with Crippen LogP contribution < -0.4 is 5.32 Å². The number of nitrogens with one attached hydrogen (secondary N) is 1. The van der Waals surface area contributed by atoms with Gasteiger partial charge >= 0.3 is 6.03 Å². The predicted molar refractivity (Wildman–Crippen MR) is 90.0 cm³/mol. The van der Waals surface area contributed by atoms with Gasteiger partial charge < -0.3 is 4.90 Å². The van der Waals surface area contributed by atoms with Crippen LogP contribution in [-0.4, -0.2) is 38.8 Å². The average Bonchev–Trinajstić information content (AvgIpc) is 3.24. The summed E-state index contributed by atoms with van der Waals surface area (Å²) in [7, 11) is 0. The van der Waals surface area contributed by atoms with Crippen molar-refractivity contribution in [3.05, 3.63) is 28.5 Å². The van der Waals surface area contributed by atoms with Gasteiger partial charge in [-0.1, -0.05) is 0 Å². The molecule has 1 aliphatic heterocycles. The number of carbonyl (C=O) groups is 1. The number of carbonyl (C=O) groups excluding carboxylic acids is 1. The molecule has 1 atom stereocenters. The maximum atomic E-state index is 12.5. The second-order valence-corrected chi connectivity index (χ2v) is 7.50. The number of hydrogen-bond acceptors (Lipinski definition) is 4. The van der Waals surface area contributed by atoms with E-state index in [4.69, 9.17) is 0 Å². The first kappa shape index (κ1) is 14.7. The van der Waals surface area contributed by atoms with Crippen LogP contribution in [0, 0.1) is 6.92 Å². The molecule has 6 nitrogen and oxygen atoms in total. The first-order valence-corrected chi connectivity index (χ1v) is 9.06. The van der Waals surface area contributed by atoms with Gasteiger partial charge in [0.1, 0.15) is 0 Å². The van der Waals surface area contributed by atoms with Crippen molar-refractivity contribution in [3.63, 3.8) is 0 Å². The lowest BCUT2D eigenvalue weighted by molar-refractivity contribution is 0.220. The summed E-state index contributed by atoms with van der Waals surface area (Å²) in [6.45, 7) is 3.51. The fourth-order valence-electron chi connectivity index (χ4n) is 3.35. The molecular weight excluding hydrogens is 310 g/mol. The van der Waals surface area contributed by atoms with Crippen LogP contribution in [0.1, 0.15) is 41.4 Å². The summed E-state index contributed by atoms with van der Waals surface area (Å²) in [5.74, 6) is 0. The molecule has 0 radical (unpaired) electrons. The molecule has 1 aliphatic carbocycles. The molecule has 23 heavy (non-hydrogen) atoms. The molecule has 2 amide bonds. The zero-order valence-corrected chi connectivity index (χ0v) is 14.1. The third-order valence-electron chi connectivity index (χ3n) is 4.61. The Morgan fingerprint density at radius 1 is 1.39 bits per heavy atom. The standard InChI is InChI=1S/C16H21N5OS/c1-11-8-17-21(9-11)12-6-7-20(10-12)16(22)19-15-18-13-4-2-3-5-14(13)23-15/h8-9,12H,2-7,10H2,1H3,(H,18,19,22). The SMILES string of the molecule is Cc1cnn(C2CCN(C(=O)Nc3nc4c(s3)CCCC4)C2)c1. The van der Waals surface area contributed by atoms with Crippen LogP contribution in [0.5, 0.6) is 0 Å². The number of hydrogen-bond donors (Lipinski definition) is 1. The number of rotatable bonds is 2. The van der Waals surface area contributed by atoms with E-state index in [1.807, 2.05) is 28.9 Å². The van der Waals surface area contributed by atoms with E-state index in [-0.39, 0.29) is 12.1 Å². The van der Waals surface area contributed by atoms with Crippen LogP contribution in [-0.2, 0) is 12.8 Å². The van der Waals surface area contributed by atoms with Crippen LogP contribution >= 0.6 is 11.3 Å². The molecule has 0 bridgehead atoms. The molecule has 122 valence electrons. The van der Waals surface area contributed by atoms with Gasteiger partial charge in [0.15, 0.2) is 5.13 Å². The van der Waals surface area contributed by atoms with Crippen molar-refractivity contribution in [3.8, 4) is 0 Å². The van der Waals surface area contributed by atoms with Crippen LogP contribution in [0.2, 0.25) is 0 Å². The quantitative estimate of drug-likeness (QED) is 0.920. The molecule has 0 aromatic carbocycles. The minimum absolute atomic E-state index is 0.0394. The van der Waals surface area contributed by atoms with Crippen LogP contribution in [0.4, 0.5) is 9.93 Å². The number of fused-ring (bicyclic) bond motifs is 1. The monoisotopic (exact) mass is 331 g/mol. The van der Waals surface area contributed by atoms with E-state index in [2.05, 4.69) is 15.4 Å². The molecular formula is C16H21N5OS. The predicted octanol–water partition coefficient (Wildman–Crippen LogP) is 3.01. The molecule has 0 saturated carbocycles. The van der Waals surface area contributed by atoms with Crippen molar-refractivity contribution in [2.75, 3.05) is 18.4 Å². The summed E-state index contributed by atoms with van der Waals surface area (Å²) in [6, 6.07) is 0.237. The number of urea groups is 1. The second-order valence-electron chi connectivity index (χ2n) is 6.41. The third-order valence-corrected chi connectivity index (χ3v) is 5.69. The topological polar surface area (TPSA) is 63.1 Å². The van der Waals surface area contributed by atoms with Gasteiger partial charge in [-0.05, 0) is 44.6 Å². The normalized spacial score (nSPS) is 20.6. The van der Waals surface area contributed by atoms with E-state index in [0.29, 0.717) is 6.54 Å². The van der Waals surface area contributed by atoms with E-state index >= 15 is 0 Å². The number of likely N-dealkylation sites (tertiary alicyclic amines) is 1. The van der Waals surface area contributed by atoms with Gasteiger partial charge in [0.25, 0.3) is 0 Å². The van der Waals surface area contributed by atoms with Crippen molar-refractivity contribution >= 4 is 22.5 Å². The summed E-state index contributed by atoms with van der Waals surface area (Å²) >= 11 is 1.64. The zero-order valence-electron chi connectivity index (χ0n) is 13.3. The Bertz CT molecular complexity index is 698. The Hall–Kier alpha value is -1.89. The lowest BCUT2D eigenvalue weighted by Gasteiger charge is -2.16. The summed E-state index contributed by atoms with van der Waals surface area (Å²) in [5.41, 5.74) is 2.34. The Morgan fingerprint density at radius 3 is 3.04 bits per heavy atom. The Morgan fingerprint density at radius 2 is 2.26 bits per heavy atom. The lowest BCUT2D eigenvalue weighted by atomic mass is 10.0. The molecule has 2 aliphatic rings. The molecule has 4 rings (SSSR count). The molecule has 3 heterocycles. The highest BCUT2D eigenvalue weighted by Gasteiger charge is 2.28. The van der Waals surface area contributed by atoms with Crippen molar-refractivity contribution in [2.24, 2.45) is 0 Å². The summed E-state index contributed by atoms with van der Waals surface area (Å²) < 4.78 is 1.98. The van der Waals surface area contributed by atoms with Gasteiger partial charge in [-0.15, -0.1) is 11.3 Å². The molecule has 0 spiro atoms. The summed E-state index contributed by atoms with van der Waals surface area (Å²) in [6.07, 6.45) is 9.45. The summed E-state index contributed by atoms with van der Waals surface area (Å²) in [5, 5.41) is 8.10. The van der Waals surface area contributed by atoms with Crippen LogP contribution in [0.25, 0.3) is 0 Å². The van der Waals surface area contributed by atoms with Crippen molar-refractivity contribution < 1.29 is 4.79 Å². The average molecular weight is 331 g/mol. The number of nitrogens with zero attached hydrogens (tertiary/aromatic N) is 4. The fourth-order valence-corrected chi connectivity index (χ4v) is 4.39. The molecule has 1 fully saturated rings. The third kappa shape index (κ3) is 2.97. The maximum absolute atomic E-state index is 12.5. The Kier molecular flexibility index (Phi) is 3.80. The van der Waals surface area contributed by atoms with E-state index in [1.54, 1.807) is 11.3 Å². The van der Waals surface area contributed by atoms with Gasteiger partial charge in [-0.2, -0.15) is 5.10 Å². The van der Waals surface area contributed by atoms with Gasteiger partial charge in [-0.3, -0.25) is 10.00 Å². The zero-order chi connectivity index (χ0) is 15.8. The molecule has 1 N–H and O–H groups in total. The van der Waals surface area contributed by atoms with Gasteiger partial charge in [0.2, 0.25) is 0 Å². The molecule has 2 aromatic rings. The van der Waals surface area contributed by atoms with Crippen molar-refractivity contribution in [1.29, 1.82) is 0 Å². The van der Waals surface area contributed by atoms with Gasteiger partial charge in [-0.25, -0.2) is 9.78 Å². The maximum Gasteiger partial charge on any atom is 0.323 e. The molecule has 7 heteroatoms. The summed E-state index contributed by atoms with van der Waals surface area (Å²) in [4.78, 5) is 20.3. The first-order chi connectivity index (χ1) is 11.2. The molecule has 1 unspecified atom stereocenters. The highest BCUT2D eigenvalue weighted by molar-refractivity contribution is 7.15. The number of aryl methyl sites for hydroxylation is 3. The van der Waals surface area contributed by atoms with E-state index in [1.165, 1.54) is 23.4 Å². The molecule has 1 saturated heterocycles. The fraction of sp³-hybridized carbons (Fsp3) is 0.562. The number of anilines is 1. The number of aromatic nitrogens is 3. The smallest absolute Gasteiger partial charge is 0.322 e. The minimum atomic E-state index is -0.0394. The van der Waals surface area contributed by atoms with Gasteiger partial charge in [0.05, 0.1) is 17.9 Å². The minimum Gasteiger partial charge on any atom is -0.322 e.